The van der Waals surface area contributed by atoms with E-state index in [0.717, 1.165) is 30.9 Å². The van der Waals surface area contributed by atoms with Gasteiger partial charge in [-0.05, 0) is 25.4 Å². The van der Waals surface area contributed by atoms with Gasteiger partial charge in [0, 0.05) is 24.9 Å². The van der Waals surface area contributed by atoms with E-state index in [9.17, 15) is 4.79 Å². The van der Waals surface area contributed by atoms with Crippen molar-refractivity contribution in [2.75, 3.05) is 13.1 Å². The average molecular weight is 292 g/mol. The molecule has 108 valence electrons. The van der Waals surface area contributed by atoms with Crippen LogP contribution in [-0.4, -0.2) is 28.3 Å². The smallest absolute Gasteiger partial charge is 0.191 e. The summed E-state index contributed by atoms with van der Waals surface area (Å²) in [5, 5.41) is 13.3. The molecule has 0 saturated carbocycles. The van der Waals surface area contributed by atoms with Crippen molar-refractivity contribution in [1.82, 2.24) is 20.5 Å². The van der Waals surface area contributed by atoms with Crippen molar-refractivity contribution in [3.63, 3.8) is 0 Å². The first-order chi connectivity index (χ1) is 9.66. The summed E-state index contributed by atoms with van der Waals surface area (Å²) in [4.78, 5) is 14.6. The van der Waals surface area contributed by atoms with Gasteiger partial charge < -0.3 is 10.3 Å². The number of aryl methyl sites for hydroxylation is 1. The Labute approximate surface area is 122 Å². The molecule has 2 aromatic heterocycles. The van der Waals surface area contributed by atoms with Gasteiger partial charge in [0.15, 0.2) is 10.4 Å². The second kappa shape index (κ2) is 7.31. The summed E-state index contributed by atoms with van der Waals surface area (Å²) in [6, 6.07) is 1.51. The second-order valence-corrected chi connectivity index (χ2v) is 6.19. The summed E-state index contributed by atoms with van der Waals surface area (Å²) in [5.41, 5.74) is 0.569. The molecular formula is C14H20N4OS. The minimum Gasteiger partial charge on any atom is -0.367 e. The van der Waals surface area contributed by atoms with Crippen molar-refractivity contribution >= 4 is 11.3 Å². The van der Waals surface area contributed by atoms with Gasteiger partial charge in [0.2, 0.25) is 0 Å². The van der Waals surface area contributed by atoms with Crippen LogP contribution in [0.2, 0.25) is 0 Å². The van der Waals surface area contributed by atoms with E-state index >= 15 is 0 Å². The molecule has 0 amide bonds. The van der Waals surface area contributed by atoms with E-state index in [4.69, 9.17) is 0 Å². The van der Waals surface area contributed by atoms with E-state index in [0.29, 0.717) is 16.5 Å². The van der Waals surface area contributed by atoms with Gasteiger partial charge in [0.05, 0.1) is 5.56 Å². The van der Waals surface area contributed by atoms with Gasteiger partial charge in [0.1, 0.15) is 5.01 Å². The first-order valence-electron chi connectivity index (χ1n) is 6.87. The van der Waals surface area contributed by atoms with Crippen LogP contribution < -0.4 is 10.7 Å². The third-order valence-electron chi connectivity index (χ3n) is 2.82. The quantitative estimate of drug-likeness (QED) is 0.766. The van der Waals surface area contributed by atoms with Crippen LogP contribution in [0.3, 0.4) is 0 Å². The van der Waals surface area contributed by atoms with Crippen LogP contribution in [0.1, 0.15) is 25.3 Å². The Bertz CT molecular complexity index is 591. The molecule has 2 heterocycles. The summed E-state index contributed by atoms with van der Waals surface area (Å²) in [7, 11) is 0. The zero-order chi connectivity index (χ0) is 14.4. The van der Waals surface area contributed by atoms with Gasteiger partial charge in [-0.25, -0.2) is 0 Å². The first kappa shape index (κ1) is 14.9. The molecule has 2 rings (SSSR count). The highest BCUT2D eigenvalue weighted by atomic mass is 32.1. The highest BCUT2D eigenvalue weighted by molar-refractivity contribution is 7.14. The van der Waals surface area contributed by atoms with Gasteiger partial charge >= 0.3 is 0 Å². The molecule has 0 aliphatic carbocycles. The van der Waals surface area contributed by atoms with Gasteiger partial charge in [-0.1, -0.05) is 25.2 Å². The Hall–Kier alpha value is -1.53. The molecule has 20 heavy (non-hydrogen) atoms. The molecule has 0 bridgehead atoms. The van der Waals surface area contributed by atoms with Crippen molar-refractivity contribution < 1.29 is 0 Å². The lowest BCUT2D eigenvalue weighted by Gasteiger charge is -2.05. The van der Waals surface area contributed by atoms with Gasteiger partial charge in [-0.15, -0.1) is 10.2 Å². The second-order valence-electron chi connectivity index (χ2n) is 5.12. The molecule has 2 aromatic rings. The fourth-order valence-electron chi connectivity index (χ4n) is 1.80. The lowest BCUT2D eigenvalue weighted by molar-refractivity contribution is 0.542. The van der Waals surface area contributed by atoms with Crippen LogP contribution in [0.15, 0.2) is 23.3 Å². The van der Waals surface area contributed by atoms with E-state index in [1.54, 1.807) is 12.4 Å². The van der Waals surface area contributed by atoms with Crippen LogP contribution in [-0.2, 0) is 6.42 Å². The molecule has 0 fully saturated rings. The molecule has 0 unspecified atom stereocenters. The number of hydrogen-bond donors (Lipinski definition) is 2. The molecule has 2 N–H and O–H groups in total. The molecular weight excluding hydrogens is 272 g/mol. The minimum atomic E-state index is -0.0231. The van der Waals surface area contributed by atoms with Crippen molar-refractivity contribution in [2.45, 2.75) is 26.7 Å². The molecule has 6 heteroatoms. The first-order valence-corrected chi connectivity index (χ1v) is 7.69. The maximum Gasteiger partial charge on any atom is 0.191 e. The van der Waals surface area contributed by atoms with Gasteiger partial charge in [-0.3, -0.25) is 4.79 Å². The largest absolute Gasteiger partial charge is 0.367 e. The van der Waals surface area contributed by atoms with E-state index in [1.165, 1.54) is 17.4 Å². The number of nitrogens with one attached hydrogen (secondary N) is 2. The third-order valence-corrected chi connectivity index (χ3v) is 3.83. The van der Waals surface area contributed by atoms with Gasteiger partial charge in [0.25, 0.3) is 0 Å². The Balaban J connectivity index is 1.87. The van der Waals surface area contributed by atoms with Crippen LogP contribution in [0.25, 0.3) is 10.6 Å². The topological polar surface area (TPSA) is 70.7 Å². The molecule has 0 aromatic carbocycles. The lowest BCUT2D eigenvalue weighted by atomic mass is 10.2. The van der Waals surface area contributed by atoms with Crippen molar-refractivity contribution in [1.29, 1.82) is 0 Å². The normalized spacial score (nSPS) is 11.2. The predicted molar refractivity (Wildman–Crippen MR) is 82.0 cm³/mol. The summed E-state index contributed by atoms with van der Waals surface area (Å²) in [6.07, 6.45) is 5.23. The molecule has 0 atom stereocenters. The predicted octanol–water partition coefficient (Wildman–Crippen LogP) is 2.07. The molecule has 5 nitrogen and oxygen atoms in total. The highest BCUT2D eigenvalue weighted by Gasteiger charge is 2.09. The molecule has 0 spiro atoms. The Morgan fingerprint density at radius 1 is 1.40 bits per heavy atom. The van der Waals surface area contributed by atoms with Crippen LogP contribution >= 0.6 is 11.3 Å². The van der Waals surface area contributed by atoms with Crippen molar-refractivity contribution in [3.05, 3.63) is 33.7 Å². The average Bonchev–Trinajstić information content (AvgIpc) is 2.87. The summed E-state index contributed by atoms with van der Waals surface area (Å²) >= 11 is 1.49. The fourth-order valence-corrected chi connectivity index (χ4v) is 2.70. The van der Waals surface area contributed by atoms with Gasteiger partial charge in [-0.2, -0.15) is 0 Å². The molecule has 0 saturated heterocycles. The zero-order valence-electron chi connectivity index (χ0n) is 11.8. The lowest BCUT2D eigenvalue weighted by Crippen LogP contribution is -2.21. The van der Waals surface area contributed by atoms with Crippen LogP contribution in [0.5, 0.6) is 0 Å². The number of hydrogen-bond acceptors (Lipinski definition) is 5. The zero-order valence-corrected chi connectivity index (χ0v) is 12.7. The van der Waals surface area contributed by atoms with Crippen LogP contribution in [0, 0.1) is 5.92 Å². The number of nitrogens with zero attached hydrogens (tertiary/aromatic N) is 2. The highest BCUT2D eigenvalue weighted by Crippen LogP contribution is 2.20. The maximum absolute atomic E-state index is 11.7. The van der Waals surface area contributed by atoms with E-state index in [-0.39, 0.29) is 5.43 Å². The third kappa shape index (κ3) is 4.25. The van der Waals surface area contributed by atoms with Crippen molar-refractivity contribution in [3.8, 4) is 10.6 Å². The van der Waals surface area contributed by atoms with Crippen molar-refractivity contribution in [2.24, 2.45) is 5.92 Å². The molecule has 0 aliphatic heterocycles. The molecule has 0 aliphatic rings. The standard InChI is InChI=1S/C14H20N4OS/c1-10(2)8-15-6-3-4-13-17-18-14(20-13)11-9-16-7-5-12(11)19/h5,7,9-10,15H,3-4,6,8H2,1-2H3,(H,16,19). The number of rotatable bonds is 7. The van der Waals surface area contributed by atoms with E-state index < -0.39 is 0 Å². The number of aromatic nitrogens is 3. The van der Waals surface area contributed by atoms with E-state index in [1.807, 2.05) is 0 Å². The maximum atomic E-state index is 11.7. The SMILES string of the molecule is CC(C)CNCCCc1nnc(-c2c[nH]ccc2=O)s1. The summed E-state index contributed by atoms with van der Waals surface area (Å²) in [5.74, 6) is 0.674. The number of aromatic amines is 1. The molecule has 0 radical (unpaired) electrons. The monoisotopic (exact) mass is 292 g/mol. The van der Waals surface area contributed by atoms with Crippen LogP contribution in [0.4, 0.5) is 0 Å². The summed E-state index contributed by atoms with van der Waals surface area (Å²) in [6.45, 7) is 6.42. The summed E-state index contributed by atoms with van der Waals surface area (Å²) < 4.78 is 0. The number of H-pyrrole nitrogens is 1. The Morgan fingerprint density at radius 2 is 2.25 bits per heavy atom. The minimum absolute atomic E-state index is 0.0231. The number of pyridine rings is 1. The Morgan fingerprint density at radius 3 is 3.00 bits per heavy atom. The van der Waals surface area contributed by atoms with E-state index in [2.05, 4.69) is 34.3 Å². The fraction of sp³-hybridized carbons (Fsp3) is 0.500. The Kier molecular flexibility index (Phi) is 5.43.